The van der Waals surface area contributed by atoms with Gasteiger partial charge in [-0.05, 0) is 19.3 Å². The lowest BCUT2D eigenvalue weighted by Crippen LogP contribution is -2.25. The molecule has 5 heteroatoms. The van der Waals surface area contributed by atoms with Crippen molar-refractivity contribution in [3.63, 3.8) is 0 Å². The van der Waals surface area contributed by atoms with Gasteiger partial charge in [-0.1, -0.05) is 33.6 Å². The molecule has 0 spiro atoms. The topological polar surface area (TPSA) is 61.8 Å². The molecule has 112 valence electrons. The molecule has 0 aliphatic rings. The molecule has 0 aromatic carbocycles. The first-order valence-electron chi connectivity index (χ1n) is 6.94. The number of ether oxygens (including phenoxy) is 3. The highest BCUT2D eigenvalue weighted by atomic mass is 16.6. The lowest BCUT2D eigenvalue weighted by molar-refractivity contribution is -0.159. The van der Waals surface area contributed by atoms with Crippen LogP contribution in [0.4, 0.5) is 0 Å². The Morgan fingerprint density at radius 1 is 1.05 bits per heavy atom. The Kier molecular flexibility index (Phi) is 10.2. The van der Waals surface area contributed by atoms with Crippen LogP contribution in [0, 0.1) is 5.92 Å². The fraction of sp³-hybridized carbons (Fsp3) is 0.857. The Morgan fingerprint density at radius 3 is 2.26 bits per heavy atom. The first kappa shape index (κ1) is 17.9. The fourth-order valence-electron chi connectivity index (χ4n) is 1.28. The third-order valence-corrected chi connectivity index (χ3v) is 2.96. The van der Waals surface area contributed by atoms with Gasteiger partial charge in [0, 0.05) is 0 Å². The van der Waals surface area contributed by atoms with E-state index in [2.05, 4.69) is 0 Å². The highest BCUT2D eigenvalue weighted by Gasteiger charge is 2.15. The van der Waals surface area contributed by atoms with Gasteiger partial charge in [0.1, 0.15) is 19.3 Å². The Labute approximate surface area is 115 Å². The molecule has 0 aliphatic heterocycles. The minimum absolute atomic E-state index is 0.141. The molecule has 2 unspecified atom stereocenters. The highest BCUT2D eigenvalue weighted by Crippen LogP contribution is 2.10. The van der Waals surface area contributed by atoms with E-state index in [1.165, 1.54) is 0 Å². The van der Waals surface area contributed by atoms with Crippen LogP contribution in [-0.4, -0.2) is 37.9 Å². The van der Waals surface area contributed by atoms with E-state index in [0.29, 0.717) is 12.5 Å². The number of hydrogen-bond acceptors (Lipinski definition) is 5. The summed E-state index contributed by atoms with van der Waals surface area (Å²) in [7, 11) is 0. The number of carbonyl (C=O) groups is 2. The van der Waals surface area contributed by atoms with Crippen molar-refractivity contribution in [1.29, 1.82) is 0 Å². The van der Waals surface area contributed by atoms with Crippen LogP contribution >= 0.6 is 0 Å². The second-order valence-electron chi connectivity index (χ2n) is 4.65. The van der Waals surface area contributed by atoms with Crippen LogP contribution in [0.15, 0.2) is 0 Å². The van der Waals surface area contributed by atoms with E-state index in [1.807, 2.05) is 27.7 Å². The molecule has 0 rings (SSSR count). The molecule has 0 heterocycles. The Balaban J connectivity index is 3.65. The highest BCUT2D eigenvalue weighted by molar-refractivity contribution is 5.73. The van der Waals surface area contributed by atoms with E-state index in [1.54, 1.807) is 0 Å². The van der Waals surface area contributed by atoms with Crippen LogP contribution in [0.1, 0.15) is 47.0 Å². The molecule has 0 aliphatic carbocycles. The first-order chi connectivity index (χ1) is 9.01. The van der Waals surface area contributed by atoms with Crippen LogP contribution in [0.25, 0.3) is 0 Å². The van der Waals surface area contributed by atoms with E-state index >= 15 is 0 Å². The molecule has 0 saturated heterocycles. The van der Waals surface area contributed by atoms with Crippen LogP contribution < -0.4 is 0 Å². The molecule has 0 aromatic rings. The molecule has 0 fully saturated rings. The minimum atomic E-state index is -0.450. The van der Waals surface area contributed by atoms with Gasteiger partial charge in [0.05, 0.1) is 6.61 Å². The molecular weight excluding hydrogens is 248 g/mol. The third kappa shape index (κ3) is 9.47. The van der Waals surface area contributed by atoms with Gasteiger partial charge in [0.25, 0.3) is 0 Å². The molecule has 0 radical (unpaired) electrons. The van der Waals surface area contributed by atoms with Crippen molar-refractivity contribution in [2.24, 2.45) is 5.92 Å². The summed E-state index contributed by atoms with van der Waals surface area (Å²) in [5.74, 6) is -0.589. The lowest BCUT2D eigenvalue weighted by atomic mass is 10.0. The van der Waals surface area contributed by atoms with Crippen molar-refractivity contribution >= 4 is 11.9 Å². The number of esters is 2. The quantitative estimate of drug-likeness (QED) is 0.452. The molecule has 0 saturated carbocycles. The van der Waals surface area contributed by atoms with Crippen LogP contribution in [-0.2, 0) is 23.8 Å². The summed E-state index contributed by atoms with van der Waals surface area (Å²) in [5.41, 5.74) is 0. The maximum Gasteiger partial charge on any atom is 0.332 e. The van der Waals surface area contributed by atoms with Crippen molar-refractivity contribution in [2.75, 3.05) is 19.8 Å². The molecule has 2 atom stereocenters. The van der Waals surface area contributed by atoms with Crippen molar-refractivity contribution in [1.82, 2.24) is 0 Å². The van der Waals surface area contributed by atoms with Gasteiger partial charge < -0.3 is 14.2 Å². The zero-order chi connectivity index (χ0) is 14.7. The smallest absolute Gasteiger partial charge is 0.332 e. The zero-order valence-electron chi connectivity index (χ0n) is 12.4. The maximum atomic E-state index is 11.4. The molecule has 0 amide bonds. The van der Waals surface area contributed by atoms with Gasteiger partial charge >= 0.3 is 11.9 Å². The Bertz CT molecular complexity index is 265. The van der Waals surface area contributed by atoms with Gasteiger partial charge in [-0.2, -0.15) is 0 Å². The summed E-state index contributed by atoms with van der Waals surface area (Å²) in [6, 6.07) is 0. The van der Waals surface area contributed by atoms with E-state index in [4.69, 9.17) is 14.2 Å². The predicted octanol–water partition coefficient (Wildman–Crippen LogP) is 2.32. The van der Waals surface area contributed by atoms with Crippen molar-refractivity contribution in [3.8, 4) is 0 Å². The molecule has 0 aromatic heterocycles. The number of unbranched alkanes of at least 4 members (excludes halogenated alkanes) is 1. The number of rotatable bonds is 10. The predicted molar refractivity (Wildman–Crippen MR) is 71.7 cm³/mol. The molecular formula is C14H26O5. The lowest BCUT2D eigenvalue weighted by Gasteiger charge is -2.18. The van der Waals surface area contributed by atoms with Crippen molar-refractivity contribution in [3.05, 3.63) is 0 Å². The molecule has 0 N–H and O–H groups in total. The minimum Gasteiger partial charge on any atom is -0.464 e. The van der Waals surface area contributed by atoms with Crippen LogP contribution in [0.2, 0.25) is 0 Å². The largest absolute Gasteiger partial charge is 0.464 e. The summed E-state index contributed by atoms with van der Waals surface area (Å²) < 4.78 is 15.0. The summed E-state index contributed by atoms with van der Waals surface area (Å²) >= 11 is 0. The average molecular weight is 274 g/mol. The first-order valence-corrected chi connectivity index (χ1v) is 6.94. The van der Waals surface area contributed by atoms with Crippen LogP contribution in [0.5, 0.6) is 0 Å². The third-order valence-electron chi connectivity index (χ3n) is 2.96. The second-order valence-corrected chi connectivity index (χ2v) is 4.65. The molecule has 5 nitrogen and oxygen atoms in total. The monoisotopic (exact) mass is 274 g/mol. The SMILES string of the molecule is CCCCOC(=O)COCC(=O)OC(C)C(C)CC. The van der Waals surface area contributed by atoms with Gasteiger partial charge in [-0.15, -0.1) is 0 Å². The summed E-state index contributed by atoms with van der Waals surface area (Å²) in [6.07, 6.45) is 2.60. The van der Waals surface area contributed by atoms with Gasteiger partial charge in [-0.25, -0.2) is 9.59 Å². The Morgan fingerprint density at radius 2 is 1.68 bits per heavy atom. The summed E-state index contributed by atoms with van der Waals surface area (Å²) in [4.78, 5) is 22.6. The van der Waals surface area contributed by atoms with Gasteiger partial charge in [0.2, 0.25) is 0 Å². The standard InChI is InChI=1S/C14H26O5/c1-5-7-8-18-13(15)9-17-10-14(16)19-12(4)11(3)6-2/h11-12H,5-10H2,1-4H3. The number of carbonyl (C=O) groups excluding carboxylic acids is 2. The fourth-order valence-corrected chi connectivity index (χ4v) is 1.28. The molecule has 19 heavy (non-hydrogen) atoms. The summed E-state index contributed by atoms with van der Waals surface area (Å²) in [5, 5.41) is 0. The Hall–Kier alpha value is -1.10. The van der Waals surface area contributed by atoms with E-state index in [0.717, 1.165) is 19.3 Å². The van der Waals surface area contributed by atoms with E-state index in [9.17, 15) is 9.59 Å². The van der Waals surface area contributed by atoms with E-state index in [-0.39, 0.29) is 19.3 Å². The van der Waals surface area contributed by atoms with Crippen molar-refractivity contribution < 1.29 is 23.8 Å². The zero-order valence-corrected chi connectivity index (χ0v) is 12.4. The van der Waals surface area contributed by atoms with Gasteiger partial charge in [-0.3, -0.25) is 0 Å². The average Bonchev–Trinajstić information content (AvgIpc) is 2.37. The van der Waals surface area contributed by atoms with Crippen LogP contribution in [0.3, 0.4) is 0 Å². The second kappa shape index (κ2) is 10.8. The summed E-state index contributed by atoms with van der Waals surface area (Å²) in [6.45, 7) is 7.89. The normalized spacial score (nSPS) is 13.7. The van der Waals surface area contributed by atoms with E-state index < -0.39 is 11.9 Å². The van der Waals surface area contributed by atoms with Crippen molar-refractivity contribution in [2.45, 2.75) is 53.1 Å². The van der Waals surface area contributed by atoms with Gasteiger partial charge in [0.15, 0.2) is 0 Å². The molecule has 0 bridgehead atoms. The maximum absolute atomic E-state index is 11.4. The number of hydrogen-bond donors (Lipinski definition) is 0.